The van der Waals surface area contributed by atoms with Crippen LogP contribution in [0, 0.1) is 0 Å². The molecule has 3 aromatic rings. The van der Waals surface area contributed by atoms with Crippen molar-refractivity contribution in [3.8, 4) is 5.75 Å². The van der Waals surface area contributed by atoms with Crippen LogP contribution in [0.5, 0.6) is 5.75 Å². The van der Waals surface area contributed by atoms with Gasteiger partial charge in [-0.2, -0.15) is 0 Å². The second kappa shape index (κ2) is 9.79. The molecular weight excluding hydrogens is 358 g/mol. The fraction of sp³-hybridized carbons (Fsp3) is 0.174. The van der Waals surface area contributed by atoms with E-state index in [0.717, 1.165) is 6.42 Å². The van der Waals surface area contributed by atoms with Crippen LogP contribution >= 0.6 is 11.6 Å². The third kappa shape index (κ3) is 5.60. The van der Waals surface area contributed by atoms with Crippen molar-refractivity contribution in [2.75, 3.05) is 13.2 Å². The second-order valence-electron chi connectivity index (χ2n) is 6.23. The van der Waals surface area contributed by atoms with Crippen LogP contribution in [0.15, 0.2) is 84.9 Å². The minimum Gasteiger partial charge on any atom is -0.482 e. The van der Waals surface area contributed by atoms with Gasteiger partial charge in [0.2, 0.25) is 0 Å². The van der Waals surface area contributed by atoms with E-state index < -0.39 is 0 Å². The van der Waals surface area contributed by atoms with Crippen molar-refractivity contribution in [3.63, 3.8) is 0 Å². The fourth-order valence-electron chi connectivity index (χ4n) is 3.01. The number of para-hydroxylation sites is 1. The highest BCUT2D eigenvalue weighted by molar-refractivity contribution is 6.32. The molecule has 0 aliphatic heterocycles. The summed E-state index contributed by atoms with van der Waals surface area (Å²) in [7, 11) is 0. The Labute approximate surface area is 164 Å². The molecule has 1 N–H and O–H groups in total. The summed E-state index contributed by atoms with van der Waals surface area (Å²) in [5.74, 6) is 0.591. The van der Waals surface area contributed by atoms with Crippen LogP contribution in [0.1, 0.15) is 23.5 Å². The number of hydrogen-bond acceptors (Lipinski definition) is 2. The Balaban J connectivity index is 1.55. The summed E-state index contributed by atoms with van der Waals surface area (Å²) in [6.45, 7) is 0.518. The van der Waals surface area contributed by atoms with Crippen molar-refractivity contribution in [2.24, 2.45) is 0 Å². The van der Waals surface area contributed by atoms with Gasteiger partial charge in [-0.05, 0) is 29.7 Å². The SMILES string of the molecule is O=C(COc1ccccc1Cl)NCCC(c1ccccc1)c1ccccc1. The smallest absolute Gasteiger partial charge is 0.257 e. The minimum atomic E-state index is -0.158. The van der Waals surface area contributed by atoms with Gasteiger partial charge in [-0.1, -0.05) is 84.4 Å². The van der Waals surface area contributed by atoms with E-state index in [4.69, 9.17) is 16.3 Å². The van der Waals surface area contributed by atoms with Gasteiger partial charge in [-0.25, -0.2) is 0 Å². The topological polar surface area (TPSA) is 38.3 Å². The highest BCUT2D eigenvalue weighted by Crippen LogP contribution is 2.27. The van der Waals surface area contributed by atoms with Crippen LogP contribution in [0.4, 0.5) is 0 Å². The standard InChI is InChI=1S/C23H22ClNO2/c24-21-13-7-8-14-22(21)27-17-23(26)25-16-15-20(18-9-3-1-4-10-18)19-11-5-2-6-12-19/h1-14,20H,15-17H2,(H,25,26). The van der Waals surface area contributed by atoms with E-state index in [2.05, 4.69) is 29.6 Å². The molecule has 0 fully saturated rings. The molecule has 0 aliphatic rings. The van der Waals surface area contributed by atoms with Crippen molar-refractivity contribution >= 4 is 17.5 Å². The molecule has 3 aromatic carbocycles. The molecule has 0 radical (unpaired) electrons. The number of carbonyl (C=O) groups excluding carboxylic acids is 1. The first-order valence-corrected chi connectivity index (χ1v) is 9.36. The maximum absolute atomic E-state index is 12.1. The Bertz CT molecular complexity index is 813. The summed E-state index contributed by atoms with van der Waals surface area (Å²) in [6, 6.07) is 27.8. The van der Waals surface area contributed by atoms with Gasteiger partial charge in [0.05, 0.1) is 5.02 Å². The Morgan fingerprint density at radius 1 is 0.852 bits per heavy atom. The van der Waals surface area contributed by atoms with E-state index in [1.807, 2.05) is 48.5 Å². The Kier molecular flexibility index (Phi) is 6.89. The van der Waals surface area contributed by atoms with Gasteiger partial charge in [0.1, 0.15) is 5.75 Å². The first-order chi connectivity index (χ1) is 13.2. The van der Waals surface area contributed by atoms with Crippen LogP contribution in [-0.4, -0.2) is 19.1 Å². The van der Waals surface area contributed by atoms with E-state index in [9.17, 15) is 4.79 Å². The first-order valence-electron chi connectivity index (χ1n) is 8.98. The zero-order valence-corrected chi connectivity index (χ0v) is 15.7. The Hall–Kier alpha value is -2.78. The third-order valence-electron chi connectivity index (χ3n) is 4.35. The van der Waals surface area contributed by atoms with Crippen LogP contribution in [0.2, 0.25) is 5.02 Å². The van der Waals surface area contributed by atoms with E-state index >= 15 is 0 Å². The molecule has 0 bridgehead atoms. The van der Waals surface area contributed by atoms with Crippen LogP contribution in [-0.2, 0) is 4.79 Å². The van der Waals surface area contributed by atoms with Crippen LogP contribution in [0.3, 0.4) is 0 Å². The largest absolute Gasteiger partial charge is 0.482 e. The third-order valence-corrected chi connectivity index (χ3v) is 4.67. The number of ether oxygens (including phenoxy) is 1. The lowest BCUT2D eigenvalue weighted by Crippen LogP contribution is -2.30. The molecule has 0 aliphatic carbocycles. The lowest BCUT2D eigenvalue weighted by molar-refractivity contribution is -0.123. The van der Waals surface area contributed by atoms with Gasteiger partial charge >= 0.3 is 0 Å². The lowest BCUT2D eigenvalue weighted by Gasteiger charge is -2.18. The predicted octanol–water partition coefficient (Wildman–Crippen LogP) is 5.06. The maximum Gasteiger partial charge on any atom is 0.257 e. The molecule has 0 heterocycles. The zero-order valence-electron chi connectivity index (χ0n) is 15.0. The second-order valence-corrected chi connectivity index (χ2v) is 6.64. The summed E-state index contributed by atoms with van der Waals surface area (Å²) in [4.78, 5) is 12.1. The molecule has 1 amide bonds. The molecule has 0 unspecified atom stereocenters. The molecule has 0 spiro atoms. The van der Waals surface area contributed by atoms with Crippen molar-refractivity contribution in [1.82, 2.24) is 5.32 Å². The molecule has 0 saturated heterocycles. The number of benzene rings is 3. The molecule has 27 heavy (non-hydrogen) atoms. The van der Waals surface area contributed by atoms with Crippen molar-refractivity contribution in [1.29, 1.82) is 0 Å². The van der Waals surface area contributed by atoms with Crippen molar-refractivity contribution in [3.05, 3.63) is 101 Å². The van der Waals surface area contributed by atoms with Gasteiger partial charge in [-0.3, -0.25) is 4.79 Å². The van der Waals surface area contributed by atoms with Crippen LogP contribution in [0.25, 0.3) is 0 Å². The average Bonchev–Trinajstić information content (AvgIpc) is 2.72. The average molecular weight is 380 g/mol. The van der Waals surface area contributed by atoms with Crippen LogP contribution < -0.4 is 10.1 Å². The normalized spacial score (nSPS) is 10.6. The summed E-state index contributed by atoms with van der Waals surface area (Å²) < 4.78 is 5.48. The molecule has 4 heteroatoms. The van der Waals surface area contributed by atoms with Gasteiger partial charge < -0.3 is 10.1 Å². The van der Waals surface area contributed by atoms with E-state index in [1.54, 1.807) is 12.1 Å². The number of hydrogen-bond donors (Lipinski definition) is 1. The first kappa shape index (κ1) is 19.0. The van der Waals surface area contributed by atoms with E-state index in [1.165, 1.54) is 11.1 Å². The molecule has 0 aromatic heterocycles. The summed E-state index contributed by atoms with van der Waals surface area (Å²) in [5.41, 5.74) is 2.48. The minimum absolute atomic E-state index is 0.0505. The monoisotopic (exact) mass is 379 g/mol. The van der Waals surface area contributed by atoms with E-state index in [0.29, 0.717) is 17.3 Å². The number of rotatable bonds is 8. The summed E-state index contributed by atoms with van der Waals surface area (Å²) in [5, 5.41) is 3.43. The van der Waals surface area contributed by atoms with Gasteiger partial charge in [0.25, 0.3) is 5.91 Å². The van der Waals surface area contributed by atoms with Gasteiger partial charge in [0.15, 0.2) is 6.61 Å². The van der Waals surface area contributed by atoms with Crippen molar-refractivity contribution < 1.29 is 9.53 Å². The highest BCUT2D eigenvalue weighted by Gasteiger charge is 2.14. The zero-order chi connectivity index (χ0) is 18.9. The molecular formula is C23H22ClNO2. The van der Waals surface area contributed by atoms with Gasteiger partial charge in [0, 0.05) is 12.5 Å². The highest BCUT2D eigenvalue weighted by atomic mass is 35.5. The number of halogens is 1. The summed E-state index contributed by atoms with van der Waals surface area (Å²) in [6.07, 6.45) is 0.811. The maximum atomic E-state index is 12.1. The Morgan fingerprint density at radius 2 is 1.41 bits per heavy atom. The molecule has 0 saturated carbocycles. The Morgan fingerprint density at radius 3 is 2.00 bits per heavy atom. The number of carbonyl (C=O) groups is 1. The summed E-state index contributed by atoms with van der Waals surface area (Å²) >= 11 is 6.03. The lowest BCUT2D eigenvalue weighted by atomic mass is 9.88. The quantitative estimate of drug-likeness (QED) is 0.594. The predicted molar refractivity (Wildman–Crippen MR) is 109 cm³/mol. The van der Waals surface area contributed by atoms with Gasteiger partial charge in [-0.15, -0.1) is 0 Å². The van der Waals surface area contributed by atoms with E-state index in [-0.39, 0.29) is 18.4 Å². The molecule has 138 valence electrons. The van der Waals surface area contributed by atoms with Crippen molar-refractivity contribution in [2.45, 2.75) is 12.3 Å². The fourth-order valence-corrected chi connectivity index (χ4v) is 3.20. The number of amides is 1. The number of nitrogens with one attached hydrogen (secondary N) is 1. The molecule has 3 rings (SSSR count). The molecule has 0 atom stereocenters. The molecule has 3 nitrogen and oxygen atoms in total.